The van der Waals surface area contributed by atoms with Crippen molar-refractivity contribution in [3.8, 4) is 5.75 Å². The molecule has 0 aliphatic carbocycles. The van der Waals surface area contributed by atoms with Crippen LogP contribution in [0.5, 0.6) is 5.75 Å². The number of aromatic nitrogens is 2. The van der Waals surface area contributed by atoms with Crippen molar-refractivity contribution in [2.75, 3.05) is 7.11 Å². The summed E-state index contributed by atoms with van der Waals surface area (Å²) >= 11 is 0. The second-order valence-electron chi connectivity index (χ2n) is 7.22. The summed E-state index contributed by atoms with van der Waals surface area (Å²) < 4.78 is 6.84. The van der Waals surface area contributed by atoms with Crippen molar-refractivity contribution >= 4 is 28.7 Å². The highest BCUT2D eigenvalue weighted by molar-refractivity contribution is 6.07. The Morgan fingerprint density at radius 3 is 2.42 bits per heavy atom. The van der Waals surface area contributed by atoms with Gasteiger partial charge in [-0.15, -0.1) is 0 Å². The van der Waals surface area contributed by atoms with Gasteiger partial charge in [-0.05, 0) is 60.5 Å². The average molecular weight is 410 g/mol. The van der Waals surface area contributed by atoms with Crippen LogP contribution >= 0.6 is 0 Å². The zero-order valence-electron chi connectivity index (χ0n) is 17.4. The van der Waals surface area contributed by atoms with E-state index in [1.807, 2.05) is 55.5 Å². The normalized spacial score (nSPS) is 11.2. The lowest BCUT2D eigenvalue weighted by Crippen LogP contribution is -2.15. The zero-order valence-corrected chi connectivity index (χ0v) is 17.4. The molecule has 0 radical (unpaired) electrons. The van der Waals surface area contributed by atoms with Crippen LogP contribution in [0.15, 0.2) is 78.9 Å². The number of nitrogens with zero attached hydrogens (tertiary/aromatic N) is 2. The van der Waals surface area contributed by atoms with Crippen molar-refractivity contribution in [2.45, 2.75) is 13.5 Å². The van der Waals surface area contributed by atoms with E-state index in [-0.39, 0.29) is 23.9 Å². The molecule has 0 spiro atoms. The van der Waals surface area contributed by atoms with Crippen LogP contribution in [0.25, 0.3) is 17.1 Å². The number of imidazole rings is 1. The third-order valence-corrected chi connectivity index (χ3v) is 5.19. The van der Waals surface area contributed by atoms with Gasteiger partial charge in [0.05, 0.1) is 24.7 Å². The van der Waals surface area contributed by atoms with E-state index in [0.29, 0.717) is 16.8 Å². The van der Waals surface area contributed by atoms with Crippen LogP contribution in [-0.4, -0.2) is 28.2 Å². The van der Waals surface area contributed by atoms with Gasteiger partial charge in [0.15, 0.2) is 11.6 Å². The van der Waals surface area contributed by atoms with Crippen molar-refractivity contribution in [1.29, 1.82) is 0 Å². The van der Waals surface area contributed by atoms with E-state index in [2.05, 4.69) is 4.98 Å². The van der Waals surface area contributed by atoms with E-state index >= 15 is 0 Å². The molecule has 0 atom stereocenters. The van der Waals surface area contributed by atoms with Crippen molar-refractivity contribution in [1.82, 2.24) is 9.55 Å². The second kappa shape index (κ2) is 8.79. The van der Waals surface area contributed by atoms with Gasteiger partial charge in [-0.3, -0.25) is 9.59 Å². The molecule has 31 heavy (non-hydrogen) atoms. The van der Waals surface area contributed by atoms with E-state index in [4.69, 9.17) is 4.74 Å². The molecule has 4 rings (SSSR count). The van der Waals surface area contributed by atoms with Gasteiger partial charge in [-0.25, -0.2) is 4.98 Å². The van der Waals surface area contributed by atoms with Crippen LogP contribution in [0, 0.1) is 6.92 Å². The third-order valence-electron chi connectivity index (χ3n) is 5.19. The van der Waals surface area contributed by atoms with Gasteiger partial charge in [0.25, 0.3) is 0 Å². The van der Waals surface area contributed by atoms with E-state index in [1.54, 1.807) is 42.0 Å². The fourth-order valence-electron chi connectivity index (χ4n) is 3.45. The predicted octanol–water partition coefficient (Wildman–Crippen LogP) is 5.13. The highest BCUT2D eigenvalue weighted by Crippen LogP contribution is 2.19. The summed E-state index contributed by atoms with van der Waals surface area (Å²) in [5.74, 6) is 0.569. The number of para-hydroxylation sites is 2. The highest BCUT2D eigenvalue weighted by Gasteiger charge is 2.18. The first-order valence-corrected chi connectivity index (χ1v) is 9.97. The molecule has 0 N–H and O–H groups in total. The maximum atomic E-state index is 13.0. The number of methoxy groups -OCH3 is 1. The minimum absolute atomic E-state index is 0.0200. The van der Waals surface area contributed by atoms with E-state index < -0.39 is 0 Å². The number of hydrogen-bond acceptors (Lipinski definition) is 4. The molecule has 154 valence electrons. The summed E-state index contributed by atoms with van der Waals surface area (Å²) in [6.45, 7) is 2.01. The molecule has 0 amide bonds. The van der Waals surface area contributed by atoms with E-state index in [0.717, 1.165) is 16.6 Å². The number of allylic oxidation sites excluding steroid dienone is 1. The van der Waals surface area contributed by atoms with Crippen molar-refractivity contribution in [3.63, 3.8) is 0 Å². The van der Waals surface area contributed by atoms with Gasteiger partial charge in [0.2, 0.25) is 5.78 Å². The lowest BCUT2D eigenvalue weighted by molar-refractivity contribution is 0.0969. The van der Waals surface area contributed by atoms with Gasteiger partial charge in [0, 0.05) is 5.56 Å². The smallest absolute Gasteiger partial charge is 0.221 e. The number of aryl methyl sites for hydroxylation is 1. The Balaban J connectivity index is 1.67. The third kappa shape index (κ3) is 4.31. The number of benzene rings is 3. The zero-order chi connectivity index (χ0) is 21.8. The molecule has 3 aromatic carbocycles. The van der Waals surface area contributed by atoms with E-state index in [1.165, 1.54) is 6.08 Å². The Morgan fingerprint density at radius 1 is 0.968 bits per heavy atom. The number of fused-ring (bicyclic) bond motifs is 1. The highest BCUT2D eigenvalue weighted by atomic mass is 16.5. The minimum Gasteiger partial charge on any atom is -0.497 e. The number of carbonyl (C=O) groups is 2. The summed E-state index contributed by atoms with van der Waals surface area (Å²) in [5.41, 5.74) is 4.02. The fraction of sp³-hybridized carbons (Fsp3) is 0.115. The fourth-order valence-corrected chi connectivity index (χ4v) is 3.45. The van der Waals surface area contributed by atoms with Gasteiger partial charge >= 0.3 is 0 Å². The number of hydrogen-bond donors (Lipinski definition) is 0. The molecule has 1 heterocycles. The first kappa shape index (κ1) is 20.3. The Bertz CT molecular complexity index is 1280. The van der Waals surface area contributed by atoms with Gasteiger partial charge in [-0.1, -0.05) is 42.5 Å². The number of ether oxygens (including phenoxy) is 1. The van der Waals surface area contributed by atoms with Gasteiger partial charge in [-0.2, -0.15) is 0 Å². The number of ketones is 2. The lowest BCUT2D eigenvalue weighted by Gasteiger charge is -2.08. The molecule has 1 aromatic heterocycles. The number of rotatable bonds is 7. The van der Waals surface area contributed by atoms with Crippen molar-refractivity contribution in [2.24, 2.45) is 0 Å². The molecule has 0 unspecified atom stereocenters. The maximum Gasteiger partial charge on any atom is 0.221 e. The van der Waals surface area contributed by atoms with Crippen LogP contribution in [0.2, 0.25) is 0 Å². The van der Waals surface area contributed by atoms with Crippen LogP contribution < -0.4 is 4.74 Å². The first-order valence-electron chi connectivity index (χ1n) is 9.97. The SMILES string of the molecule is COc1ccc(C(=O)Cn2c(C(=O)C=Cc3ccccc3C)nc3ccccc32)cc1. The summed E-state index contributed by atoms with van der Waals surface area (Å²) in [4.78, 5) is 30.5. The summed E-state index contributed by atoms with van der Waals surface area (Å²) in [6.07, 6.45) is 3.30. The number of Topliss-reactive ketones (excluding diaryl/α,β-unsaturated/α-hetero) is 1. The van der Waals surface area contributed by atoms with Crippen LogP contribution in [0.4, 0.5) is 0 Å². The number of carbonyl (C=O) groups excluding carboxylic acids is 2. The standard InChI is InChI=1S/C26H22N2O3/c1-18-7-3-4-8-19(18)13-16-24(29)26-27-22-9-5-6-10-23(22)28(26)17-25(30)20-11-14-21(31-2)15-12-20/h3-16H,17H2,1-2H3. The molecule has 0 aliphatic heterocycles. The molecule has 0 saturated carbocycles. The summed E-state index contributed by atoms with van der Waals surface area (Å²) in [6, 6.07) is 22.2. The lowest BCUT2D eigenvalue weighted by atomic mass is 10.1. The van der Waals surface area contributed by atoms with Gasteiger partial charge < -0.3 is 9.30 Å². The average Bonchev–Trinajstić information content (AvgIpc) is 3.17. The monoisotopic (exact) mass is 410 g/mol. The summed E-state index contributed by atoms with van der Waals surface area (Å²) in [5, 5.41) is 0. The Hall–Kier alpha value is -3.99. The van der Waals surface area contributed by atoms with Crippen LogP contribution in [0.1, 0.15) is 32.1 Å². The summed E-state index contributed by atoms with van der Waals surface area (Å²) in [7, 11) is 1.58. The van der Waals surface area contributed by atoms with Crippen molar-refractivity contribution < 1.29 is 14.3 Å². The molecule has 4 aromatic rings. The van der Waals surface area contributed by atoms with Gasteiger partial charge in [0.1, 0.15) is 5.75 Å². The molecule has 0 bridgehead atoms. The molecular formula is C26H22N2O3. The van der Waals surface area contributed by atoms with Crippen molar-refractivity contribution in [3.05, 3.63) is 101 Å². The molecule has 0 aliphatic rings. The van der Waals surface area contributed by atoms with Crippen LogP contribution in [-0.2, 0) is 6.54 Å². The molecule has 5 nitrogen and oxygen atoms in total. The largest absolute Gasteiger partial charge is 0.497 e. The van der Waals surface area contributed by atoms with Crippen LogP contribution in [0.3, 0.4) is 0 Å². The maximum absolute atomic E-state index is 13.0. The minimum atomic E-state index is -0.248. The Morgan fingerprint density at radius 2 is 1.68 bits per heavy atom. The quantitative estimate of drug-likeness (QED) is 0.313. The molecular weight excluding hydrogens is 388 g/mol. The van der Waals surface area contributed by atoms with E-state index in [9.17, 15) is 9.59 Å². The first-order chi connectivity index (χ1) is 15.1. The Kier molecular flexibility index (Phi) is 5.76. The Labute approximate surface area is 180 Å². The second-order valence-corrected chi connectivity index (χ2v) is 7.22. The predicted molar refractivity (Wildman–Crippen MR) is 122 cm³/mol. The molecule has 5 heteroatoms. The molecule has 0 saturated heterocycles. The topological polar surface area (TPSA) is 61.2 Å². The molecule has 0 fully saturated rings.